The lowest BCUT2D eigenvalue weighted by Gasteiger charge is -2.36. The first-order valence-electron chi connectivity index (χ1n) is 26.4. The Labute approximate surface area is 451 Å². The number of aromatic nitrogens is 12. The minimum Gasteiger partial charge on any atom is -0.756 e. The third-order valence-corrected chi connectivity index (χ3v) is 16.0. The van der Waals surface area contributed by atoms with Crippen LogP contribution in [0.3, 0.4) is 0 Å². The Morgan fingerprint density at radius 3 is 1.70 bits per heavy atom. The van der Waals surface area contributed by atoms with E-state index < -0.39 is 95.7 Å². The number of imidazole rings is 3. The van der Waals surface area contributed by atoms with Crippen LogP contribution in [0, 0.1) is 5.92 Å². The van der Waals surface area contributed by atoms with Crippen molar-refractivity contribution in [3.8, 4) is 0 Å². The van der Waals surface area contributed by atoms with Gasteiger partial charge in [-0.3, -0.25) is 32.1 Å². The zero-order valence-corrected chi connectivity index (χ0v) is 45.0. The predicted octanol–water partition coefficient (Wildman–Crippen LogP) is 1.98. The lowest BCUT2D eigenvalue weighted by atomic mass is 9.88. The zero-order chi connectivity index (χ0) is 56.0. The quantitative estimate of drug-likeness (QED) is 0.0250. The van der Waals surface area contributed by atoms with Crippen LogP contribution in [-0.4, -0.2) is 152 Å². The number of nitrogens with zero attached hydrogens (tertiary/aromatic N) is 12. The summed E-state index contributed by atoms with van der Waals surface area (Å²) in [7, 11) is -11.1. The highest BCUT2D eigenvalue weighted by molar-refractivity contribution is 7.47. The van der Waals surface area contributed by atoms with E-state index in [0.29, 0.717) is 12.8 Å². The molecule has 3 saturated heterocycles. The molecule has 3 aliphatic heterocycles. The van der Waals surface area contributed by atoms with Gasteiger partial charge in [-0.1, -0.05) is 84.0 Å². The standard InChI is InChI=1S/C46H68N16O15P2/c1-2-3-4-5-6-7-8-9-10-11-12-13-14-15-28(63)50-17-25-16-26(44(73-25)60-22-57-30-38(47)51-19-54-41(30)60)76-79(70,71)72-18-27-33(64)29(45(74-27)61-23-58-31-39(48)52-20-55-42(31)61)36(77-78(67,68)69)37-34(65)35(66)46(75-37)62-24-59-32-40(49)53-21-56-43(32)62/h19-27,29,33-37,44-46,64-66H,2-18H2,1H3,(H,50,63)(H,70,71)(H2,47,51,54)(H2,48,52,55)(H2,49,53,56)(H2,67,68,69)/p-1. The van der Waals surface area contributed by atoms with E-state index in [1.54, 1.807) is 0 Å². The molecular weight excluding hydrogens is 1080 g/mol. The first kappa shape index (κ1) is 58.2. The molecule has 1 amide bonds. The molecule has 12 N–H and O–H groups in total. The first-order valence-corrected chi connectivity index (χ1v) is 29.4. The number of unbranched alkanes of at least 4 members (excludes halogenated alkanes) is 12. The van der Waals surface area contributed by atoms with Gasteiger partial charge in [0.15, 0.2) is 46.9 Å². The highest BCUT2D eigenvalue weighted by atomic mass is 31.2. The summed E-state index contributed by atoms with van der Waals surface area (Å²) in [6, 6.07) is 0. The van der Waals surface area contributed by atoms with Gasteiger partial charge in [0.25, 0.3) is 7.82 Å². The van der Waals surface area contributed by atoms with Crippen molar-refractivity contribution in [1.29, 1.82) is 0 Å². The van der Waals surface area contributed by atoms with Crippen LogP contribution in [0.1, 0.15) is 122 Å². The van der Waals surface area contributed by atoms with Gasteiger partial charge in [-0.2, -0.15) is 0 Å². The van der Waals surface area contributed by atoms with Crippen molar-refractivity contribution >= 4 is 72.5 Å². The fourth-order valence-electron chi connectivity index (χ4n) is 10.5. The van der Waals surface area contributed by atoms with Gasteiger partial charge in [0.1, 0.15) is 78.4 Å². The molecular formula is C46H67N16O15P2-. The van der Waals surface area contributed by atoms with Gasteiger partial charge in [-0.15, -0.1) is 0 Å². The molecule has 9 heterocycles. The van der Waals surface area contributed by atoms with Crippen molar-refractivity contribution < 1.29 is 71.7 Å². The van der Waals surface area contributed by atoms with Crippen molar-refractivity contribution in [3.63, 3.8) is 0 Å². The van der Waals surface area contributed by atoms with Crippen LogP contribution < -0.4 is 27.4 Å². The normalized spacial score (nSPS) is 27.3. The van der Waals surface area contributed by atoms with Gasteiger partial charge < -0.3 is 71.3 Å². The van der Waals surface area contributed by atoms with Gasteiger partial charge in [0.05, 0.1) is 43.7 Å². The largest absolute Gasteiger partial charge is 0.756 e. The van der Waals surface area contributed by atoms with E-state index in [9.17, 15) is 43.9 Å². The fourth-order valence-corrected chi connectivity index (χ4v) is 12.0. The van der Waals surface area contributed by atoms with Crippen LogP contribution in [-0.2, 0) is 41.7 Å². The SMILES string of the molecule is CCCCCCCCCCCCCCCC(=O)NCC1CC(OP(=O)(O)OCC2OC(n3cnc4c(N)ncnc43)C(C(OP(=O)([O-])O)C3OC(n4cnc5c(N)ncnc54)C(O)C3O)C2O)C(n2cnc3c(N)ncnc32)O1. The summed E-state index contributed by atoms with van der Waals surface area (Å²) < 4.78 is 66.0. The van der Waals surface area contributed by atoms with E-state index in [1.165, 1.54) is 96.8 Å². The molecule has 79 heavy (non-hydrogen) atoms. The van der Waals surface area contributed by atoms with E-state index in [0.717, 1.165) is 31.9 Å². The number of amides is 1. The van der Waals surface area contributed by atoms with Gasteiger partial charge in [0, 0.05) is 19.4 Å². The minimum atomic E-state index is -5.85. The van der Waals surface area contributed by atoms with E-state index in [2.05, 4.69) is 57.1 Å². The molecule has 0 saturated carbocycles. The first-order chi connectivity index (χ1) is 37.9. The predicted molar refractivity (Wildman–Crippen MR) is 276 cm³/mol. The number of phosphoric acid groups is 2. The summed E-state index contributed by atoms with van der Waals surface area (Å²) in [5, 5.41) is 38.1. The molecule has 0 radical (unpaired) electrons. The molecule has 0 bridgehead atoms. The zero-order valence-electron chi connectivity index (χ0n) is 43.2. The van der Waals surface area contributed by atoms with E-state index in [4.69, 9.17) is 45.0 Å². The number of nitrogen functional groups attached to an aromatic ring is 3. The number of carbonyl (C=O) groups is 1. The summed E-state index contributed by atoms with van der Waals surface area (Å²) in [5.74, 6) is -1.99. The van der Waals surface area contributed by atoms with Gasteiger partial charge in [-0.05, 0) is 6.42 Å². The molecule has 6 aromatic heterocycles. The second-order valence-electron chi connectivity index (χ2n) is 20.0. The highest BCUT2D eigenvalue weighted by Crippen LogP contribution is 2.52. The summed E-state index contributed by atoms with van der Waals surface area (Å²) >= 11 is 0. The second-order valence-corrected chi connectivity index (χ2v) is 22.5. The monoisotopic (exact) mass is 1150 g/mol. The van der Waals surface area contributed by atoms with Crippen molar-refractivity contribution in [2.24, 2.45) is 5.92 Å². The number of fused-ring (bicyclic) bond motifs is 3. The van der Waals surface area contributed by atoms with Crippen LogP contribution >= 0.6 is 15.6 Å². The molecule has 33 heteroatoms. The highest BCUT2D eigenvalue weighted by Gasteiger charge is 2.58. The lowest BCUT2D eigenvalue weighted by molar-refractivity contribution is -0.235. The topological polar surface area (TPSA) is 452 Å². The molecule has 6 aromatic rings. The van der Waals surface area contributed by atoms with E-state index >= 15 is 0 Å². The van der Waals surface area contributed by atoms with Crippen LogP contribution in [0.25, 0.3) is 33.5 Å². The lowest BCUT2D eigenvalue weighted by Crippen LogP contribution is -2.49. The summed E-state index contributed by atoms with van der Waals surface area (Å²) in [6.45, 7) is 1.30. The molecule has 432 valence electrons. The molecule has 14 atom stereocenters. The number of hydrogen-bond donors (Lipinski definition) is 9. The Kier molecular flexibility index (Phi) is 18.8. The van der Waals surface area contributed by atoms with Crippen LogP contribution in [0.15, 0.2) is 38.0 Å². The molecule has 14 unspecified atom stereocenters. The van der Waals surface area contributed by atoms with E-state index in [1.807, 2.05) is 0 Å². The molecule has 3 fully saturated rings. The smallest absolute Gasteiger partial charge is 0.472 e. The number of anilines is 3. The Morgan fingerprint density at radius 2 is 1.18 bits per heavy atom. The van der Waals surface area contributed by atoms with Crippen LogP contribution in [0.5, 0.6) is 0 Å². The van der Waals surface area contributed by atoms with Gasteiger partial charge in [-0.25, -0.2) is 49.4 Å². The Bertz CT molecular complexity index is 3110. The number of aliphatic hydroxyl groups excluding tert-OH is 3. The average Bonchev–Trinajstić information content (AvgIpc) is 4.48. The maximum atomic E-state index is 14.1. The summed E-state index contributed by atoms with van der Waals surface area (Å²) in [6.07, 6.45) is 4.63. The maximum absolute atomic E-state index is 14.1. The Balaban J connectivity index is 0.884. The number of aliphatic hydroxyl groups is 3. The molecule has 9 rings (SSSR count). The minimum absolute atomic E-state index is 0.00916. The van der Waals surface area contributed by atoms with Crippen molar-refractivity contribution in [3.05, 3.63) is 38.0 Å². The number of nitrogens with two attached hydrogens (primary N) is 3. The summed E-state index contributed by atoms with van der Waals surface area (Å²) in [5.41, 5.74) is 18.7. The fraction of sp³-hybridized carbons (Fsp3) is 0.652. The number of ether oxygens (including phenoxy) is 3. The molecule has 0 aliphatic carbocycles. The number of carbonyl (C=O) groups excluding carboxylic acids is 1. The Morgan fingerprint density at radius 1 is 0.684 bits per heavy atom. The maximum Gasteiger partial charge on any atom is 0.472 e. The van der Waals surface area contributed by atoms with Crippen molar-refractivity contribution in [2.45, 2.75) is 171 Å². The summed E-state index contributed by atoms with van der Waals surface area (Å²) in [4.78, 5) is 84.6. The van der Waals surface area contributed by atoms with Crippen molar-refractivity contribution in [1.82, 2.24) is 63.9 Å². The number of hydrogen-bond acceptors (Lipinski definition) is 25. The van der Waals surface area contributed by atoms with Crippen LogP contribution in [0.4, 0.5) is 17.5 Å². The molecule has 0 aromatic carbocycles. The van der Waals surface area contributed by atoms with E-state index in [-0.39, 0.29) is 69.8 Å². The molecule has 3 aliphatic rings. The third kappa shape index (κ3) is 13.5. The molecule has 31 nitrogen and oxygen atoms in total. The number of phosphoric ester groups is 2. The van der Waals surface area contributed by atoms with Gasteiger partial charge >= 0.3 is 7.82 Å². The number of nitrogens with one attached hydrogen (secondary N) is 1. The van der Waals surface area contributed by atoms with Gasteiger partial charge in [0.2, 0.25) is 5.91 Å². The Hall–Kier alpha value is -5.50. The van der Waals surface area contributed by atoms with Crippen molar-refractivity contribution in [2.75, 3.05) is 30.4 Å². The molecule has 0 spiro atoms. The van der Waals surface area contributed by atoms with Crippen LogP contribution in [0.2, 0.25) is 0 Å². The average molecular weight is 1150 g/mol. The second kappa shape index (κ2) is 25.5. The third-order valence-electron chi connectivity index (χ3n) is 14.5. The number of rotatable bonds is 28.